The lowest BCUT2D eigenvalue weighted by atomic mass is 10.2. The number of hydrogen-bond donors (Lipinski definition) is 1. The fourth-order valence-electron chi connectivity index (χ4n) is 1.14. The fraction of sp³-hybridized carbons (Fsp3) is 0.231. The highest BCUT2D eigenvalue weighted by atomic mass is 16.5. The maximum atomic E-state index is 5.36. The van der Waals surface area contributed by atoms with Crippen molar-refractivity contribution >= 4 is 0 Å². The molecule has 0 heterocycles. The standard InChI is InChI=1S/C13H15NO/c1-3-9-14-11-12-5-7-13(8-6-12)15-10-4-2/h1,4-8,14H,2,9-11H2. The van der Waals surface area contributed by atoms with Crippen LogP contribution in [0.3, 0.4) is 0 Å². The van der Waals surface area contributed by atoms with Crippen molar-refractivity contribution in [3.05, 3.63) is 42.5 Å². The molecule has 0 amide bonds. The molecule has 0 fully saturated rings. The second kappa shape index (κ2) is 6.69. The zero-order valence-electron chi connectivity index (χ0n) is 8.70. The summed E-state index contributed by atoms with van der Waals surface area (Å²) in [4.78, 5) is 0. The summed E-state index contributed by atoms with van der Waals surface area (Å²) in [5.41, 5.74) is 1.19. The summed E-state index contributed by atoms with van der Waals surface area (Å²) in [6.07, 6.45) is 6.85. The SMILES string of the molecule is C#CCNCc1ccc(OCC=C)cc1. The molecule has 0 unspecified atom stereocenters. The van der Waals surface area contributed by atoms with Gasteiger partial charge in [-0.1, -0.05) is 30.7 Å². The molecular formula is C13H15NO. The lowest BCUT2D eigenvalue weighted by Crippen LogP contribution is -2.12. The van der Waals surface area contributed by atoms with E-state index in [0.29, 0.717) is 13.2 Å². The maximum Gasteiger partial charge on any atom is 0.119 e. The van der Waals surface area contributed by atoms with Crippen molar-refractivity contribution in [3.63, 3.8) is 0 Å². The molecule has 15 heavy (non-hydrogen) atoms. The van der Waals surface area contributed by atoms with Gasteiger partial charge < -0.3 is 10.1 Å². The molecule has 0 spiro atoms. The van der Waals surface area contributed by atoms with E-state index in [0.717, 1.165) is 12.3 Å². The Morgan fingerprint density at radius 3 is 2.73 bits per heavy atom. The average Bonchev–Trinajstić information content (AvgIpc) is 2.28. The lowest BCUT2D eigenvalue weighted by molar-refractivity contribution is 0.363. The minimum Gasteiger partial charge on any atom is -0.490 e. The van der Waals surface area contributed by atoms with Crippen molar-refractivity contribution in [1.82, 2.24) is 5.32 Å². The van der Waals surface area contributed by atoms with E-state index in [2.05, 4.69) is 17.8 Å². The first kappa shape index (κ1) is 11.4. The van der Waals surface area contributed by atoms with Gasteiger partial charge in [0, 0.05) is 6.54 Å². The Bertz CT molecular complexity index is 335. The molecule has 2 heteroatoms. The van der Waals surface area contributed by atoms with Crippen LogP contribution in [0, 0.1) is 12.3 Å². The Balaban J connectivity index is 2.42. The number of terminal acetylenes is 1. The van der Waals surface area contributed by atoms with Gasteiger partial charge in [-0.05, 0) is 17.7 Å². The Hall–Kier alpha value is -1.72. The molecule has 0 saturated carbocycles. The largest absolute Gasteiger partial charge is 0.490 e. The van der Waals surface area contributed by atoms with Gasteiger partial charge in [-0.2, -0.15) is 0 Å². The smallest absolute Gasteiger partial charge is 0.119 e. The van der Waals surface area contributed by atoms with Gasteiger partial charge in [-0.3, -0.25) is 0 Å². The molecule has 2 nitrogen and oxygen atoms in total. The topological polar surface area (TPSA) is 21.3 Å². The zero-order chi connectivity index (χ0) is 10.9. The lowest BCUT2D eigenvalue weighted by Gasteiger charge is -2.05. The molecule has 0 aliphatic rings. The van der Waals surface area contributed by atoms with E-state index < -0.39 is 0 Å². The van der Waals surface area contributed by atoms with E-state index in [4.69, 9.17) is 11.2 Å². The second-order valence-electron chi connectivity index (χ2n) is 3.05. The first-order valence-electron chi connectivity index (χ1n) is 4.83. The molecule has 1 aromatic carbocycles. The summed E-state index contributed by atoms with van der Waals surface area (Å²) in [6.45, 7) is 5.50. The van der Waals surface area contributed by atoms with Crippen molar-refractivity contribution in [1.29, 1.82) is 0 Å². The van der Waals surface area contributed by atoms with E-state index in [9.17, 15) is 0 Å². The van der Waals surface area contributed by atoms with Crippen LogP contribution in [0.15, 0.2) is 36.9 Å². The third kappa shape index (κ3) is 4.35. The zero-order valence-corrected chi connectivity index (χ0v) is 8.70. The summed E-state index contributed by atoms with van der Waals surface area (Å²) < 4.78 is 5.36. The predicted molar refractivity (Wildman–Crippen MR) is 62.7 cm³/mol. The number of nitrogens with one attached hydrogen (secondary N) is 1. The molecule has 1 aromatic rings. The molecule has 1 N–H and O–H groups in total. The van der Waals surface area contributed by atoms with E-state index >= 15 is 0 Å². The van der Waals surface area contributed by atoms with Gasteiger partial charge in [0.15, 0.2) is 0 Å². The van der Waals surface area contributed by atoms with Gasteiger partial charge in [0.2, 0.25) is 0 Å². The summed E-state index contributed by atoms with van der Waals surface area (Å²) in [5.74, 6) is 3.39. The molecule has 78 valence electrons. The van der Waals surface area contributed by atoms with Gasteiger partial charge >= 0.3 is 0 Å². The van der Waals surface area contributed by atoms with Crippen LogP contribution in [-0.2, 0) is 6.54 Å². The third-order valence-electron chi connectivity index (χ3n) is 1.85. The van der Waals surface area contributed by atoms with Gasteiger partial charge in [0.25, 0.3) is 0 Å². The number of hydrogen-bond acceptors (Lipinski definition) is 2. The van der Waals surface area contributed by atoms with E-state index in [-0.39, 0.29) is 0 Å². The van der Waals surface area contributed by atoms with Crippen molar-refractivity contribution < 1.29 is 4.74 Å². The Morgan fingerprint density at radius 2 is 2.13 bits per heavy atom. The molecule has 0 aromatic heterocycles. The highest BCUT2D eigenvalue weighted by molar-refractivity contribution is 5.27. The van der Waals surface area contributed by atoms with Crippen LogP contribution in [0.5, 0.6) is 5.75 Å². The molecule has 0 aliphatic heterocycles. The van der Waals surface area contributed by atoms with E-state index in [1.165, 1.54) is 5.56 Å². The van der Waals surface area contributed by atoms with Crippen molar-refractivity contribution in [2.75, 3.05) is 13.2 Å². The summed E-state index contributed by atoms with van der Waals surface area (Å²) in [6, 6.07) is 7.91. The molecule has 0 atom stereocenters. The van der Waals surface area contributed by atoms with Gasteiger partial charge in [0.05, 0.1) is 6.54 Å². The monoisotopic (exact) mass is 201 g/mol. The Morgan fingerprint density at radius 1 is 1.40 bits per heavy atom. The Labute approximate surface area is 91.0 Å². The van der Waals surface area contributed by atoms with E-state index in [1.807, 2.05) is 24.3 Å². The van der Waals surface area contributed by atoms with Crippen LogP contribution in [0.2, 0.25) is 0 Å². The average molecular weight is 201 g/mol. The summed E-state index contributed by atoms with van der Waals surface area (Å²) in [5, 5.41) is 3.12. The van der Waals surface area contributed by atoms with Crippen LogP contribution in [0.1, 0.15) is 5.56 Å². The maximum absolute atomic E-state index is 5.36. The minimum absolute atomic E-state index is 0.536. The molecule has 0 bridgehead atoms. The van der Waals surface area contributed by atoms with Crippen LogP contribution in [0.25, 0.3) is 0 Å². The molecule has 0 radical (unpaired) electrons. The molecule has 0 aliphatic carbocycles. The van der Waals surface area contributed by atoms with Crippen molar-refractivity contribution in [2.45, 2.75) is 6.54 Å². The van der Waals surface area contributed by atoms with Crippen LogP contribution in [-0.4, -0.2) is 13.2 Å². The number of ether oxygens (including phenoxy) is 1. The fourth-order valence-corrected chi connectivity index (χ4v) is 1.14. The highest BCUT2D eigenvalue weighted by Crippen LogP contribution is 2.11. The number of rotatable bonds is 6. The first-order valence-corrected chi connectivity index (χ1v) is 4.83. The van der Waals surface area contributed by atoms with Gasteiger partial charge in [-0.25, -0.2) is 0 Å². The minimum atomic E-state index is 0.536. The number of benzene rings is 1. The molecule has 0 saturated heterocycles. The second-order valence-corrected chi connectivity index (χ2v) is 3.05. The van der Waals surface area contributed by atoms with Gasteiger partial charge in [0.1, 0.15) is 12.4 Å². The van der Waals surface area contributed by atoms with Crippen LogP contribution in [0.4, 0.5) is 0 Å². The highest BCUT2D eigenvalue weighted by Gasteiger charge is 1.93. The summed E-state index contributed by atoms with van der Waals surface area (Å²) in [7, 11) is 0. The quantitative estimate of drug-likeness (QED) is 0.431. The van der Waals surface area contributed by atoms with Gasteiger partial charge in [-0.15, -0.1) is 6.42 Å². The first-order chi connectivity index (χ1) is 7.36. The van der Waals surface area contributed by atoms with Crippen molar-refractivity contribution in [3.8, 4) is 18.1 Å². The Kier molecular flexibility index (Phi) is 5.07. The van der Waals surface area contributed by atoms with Crippen molar-refractivity contribution in [2.24, 2.45) is 0 Å². The normalized spacial score (nSPS) is 9.27. The summed E-state index contributed by atoms with van der Waals surface area (Å²) >= 11 is 0. The van der Waals surface area contributed by atoms with Crippen LogP contribution >= 0.6 is 0 Å². The van der Waals surface area contributed by atoms with E-state index in [1.54, 1.807) is 6.08 Å². The predicted octanol–water partition coefficient (Wildman–Crippen LogP) is 1.97. The van der Waals surface area contributed by atoms with Crippen LogP contribution < -0.4 is 10.1 Å². The molecular weight excluding hydrogens is 186 g/mol. The molecule has 1 rings (SSSR count). The third-order valence-corrected chi connectivity index (χ3v) is 1.85.